The van der Waals surface area contributed by atoms with Crippen molar-refractivity contribution in [2.75, 3.05) is 0 Å². The third-order valence-corrected chi connectivity index (χ3v) is 5.61. The summed E-state index contributed by atoms with van der Waals surface area (Å²) in [4.78, 5) is 15.2. The van der Waals surface area contributed by atoms with Crippen molar-refractivity contribution in [2.45, 2.75) is 18.7 Å². The van der Waals surface area contributed by atoms with Crippen molar-refractivity contribution in [1.82, 2.24) is 4.90 Å². The molecule has 1 aliphatic rings. The number of nitrogens with zero attached hydrogens (tertiary/aromatic N) is 1. The molecule has 0 radical (unpaired) electrons. The van der Waals surface area contributed by atoms with Gasteiger partial charge < -0.3 is 10.0 Å². The Balaban J connectivity index is 1.77. The predicted molar refractivity (Wildman–Crippen MR) is 110 cm³/mol. The second kappa shape index (κ2) is 7.45. The third-order valence-electron chi connectivity index (χ3n) is 5.61. The van der Waals surface area contributed by atoms with Crippen LogP contribution < -0.4 is 0 Å². The van der Waals surface area contributed by atoms with Gasteiger partial charge in [0.05, 0.1) is 12.1 Å². The van der Waals surface area contributed by atoms with Crippen LogP contribution in [0.25, 0.3) is 0 Å². The molecule has 0 aliphatic carbocycles. The molecule has 1 heterocycles. The molecular weight excluding hydrogens is 346 g/mol. The van der Waals surface area contributed by atoms with Gasteiger partial charge in [0, 0.05) is 6.54 Å². The molecule has 3 atom stereocenters. The van der Waals surface area contributed by atoms with Gasteiger partial charge in [0.2, 0.25) is 5.91 Å². The highest BCUT2D eigenvalue weighted by Gasteiger charge is 2.63. The number of β-lactam (4-membered cyclic amide) rings is 1. The molecule has 28 heavy (non-hydrogen) atoms. The molecular formula is C25H23NO2. The fraction of sp³-hybridized carbons (Fsp3) is 0.160. The van der Waals surface area contributed by atoms with Crippen LogP contribution >= 0.6 is 0 Å². The van der Waals surface area contributed by atoms with Gasteiger partial charge in [0.15, 0.2) is 0 Å². The Morgan fingerprint density at radius 3 is 2.04 bits per heavy atom. The van der Waals surface area contributed by atoms with Crippen molar-refractivity contribution >= 4 is 5.91 Å². The van der Waals surface area contributed by atoms with Crippen LogP contribution in [0, 0.1) is 5.41 Å². The van der Waals surface area contributed by atoms with E-state index in [1.54, 1.807) is 6.08 Å². The van der Waals surface area contributed by atoms with Crippen LogP contribution in [-0.4, -0.2) is 15.9 Å². The zero-order chi connectivity index (χ0) is 19.6. The highest BCUT2D eigenvalue weighted by Crippen LogP contribution is 2.58. The zero-order valence-corrected chi connectivity index (χ0v) is 15.6. The minimum atomic E-state index is -1.09. The molecule has 0 saturated carbocycles. The Bertz CT molecular complexity index is 956. The number of aliphatic hydroxyl groups is 1. The molecule has 1 fully saturated rings. The van der Waals surface area contributed by atoms with Gasteiger partial charge in [0.1, 0.15) is 5.41 Å². The predicted octanol–water partition coefficient (Wildman–Crippen LogP) is 4.68. The molecule has 140 valence electrons. The van der Waals surface area contributed by atoms with Crippen LogP contribution in [0.3, 0.4) is 0 Å². The Hall–Kier alpha value is -3.17. The quantitative estimate of drug-likeness (QED) is 0.506. The summed E-state index contributed by atoms with van der Waals surface area (Å²) < 4.78 is 0. The van der Waals surface area contributed by atoms with Crippen molar-refractivity contribution in [1.29, 1.82) is 0 Å². The first-order valence-corrected chi connectivity index (χ1v) is 9.45. The SMILES string of the molecule is C=C[C@]1([C@H](O)c2ccccc2)C(=O)N(Cc2ccccc2)[C@@H]1c1ccccc1. The standard InChI is InChI=1S/C25H23NO2/c1-2-25(23(27)21-16-10-5-11-17-21)22(20-14-8-4-9-15-20)26(24(25)28)18-19-12-6-3-7-13-19/h2-17,22-23,27H,1,18H2/t22-,23-,25+/m1/s1. The van der Waals surface area contributed by atoms with Gasteiger partial charge in [-0.2, -0.15) is 0 Å². The number of hydrogen-bond acceptors (Lipinski definition) is 2. The summed E-state index contributed by atoms with van der Waals surface area (Å²) in [5.41, 5.74) is 1.69. The van der Waals surface area contributed by atoms with E-state index in [2.05, 4.69) is 6.58 Å². The highest BCUT2D eigenvalue weighted by molar-refractivity contribution is 5.93. The lowest BCUT2D eigenvalue weighted by Crippen LogP contribution is -2.64. The number of carbonyl (C=O) groups is 1. The van der Waals surface area contributed by atoms with E-state index in [-0.39, 0.29) is 11.9 Å². The number of carbonyl (C=O) groups excluding carboxylic acids is 1. The van der Waals surface area contributed by atoms with Gasteiger partial charge in [-0.25, -0.2) is 0 Å². The number of amides is 1. The van der Waals surface area contributed by atoms with E-state index in [4.69, 9.17) is 0 Å². The van der Waals surface area contributed by atoms with Crippen LogP contribution in [0.1, 0.15) is 28.8 Å². The van der Waals surface area contributed by atoms with Gasteiger partial charge >= 0.3 is 0 Å². The summed E-state index contributed by atoms with van der Waals surface area (Å²) in [6.45, 7) is 4.46. The maximum atomic E-state index is 13.4. The first kappa shape index (κ1) is 18.2. The second-order valence-corrected chi connectivity index (χ2v) is 7.18. The number of benzene rings is 3. The lowest BCUT2D eigenvalue weighted by molar-refractivity contribution is -0.182. The number of rotatable bonds is 6. The fourth-order valence-electron chi connectivity index (χ4n) is 4.20. The summed E-state index contributed by atoms with van der Waals surface area (Å²) >= 11 is 0. The molecule has 1 saturated heterocycles. The van der Waals surface area contributed by atoms with Crippen LogP contribution in [0.4, 0.5) is 0 Å². The van der Waals surface area contributed by atoms with Gasteiger partial charge in [-0.15, -0.1) is 6.58 Å². The molecule has 0 bridgehead atoms. The van der Waals surface area contributed by atoms with Crippen LogP contribution in [0.2, 0.25) is 0 Å². The van der Waals surface area contributed by atoms with E-state index < -0.39 is 11.5 Å². The molecule has 0 unspecified atom stereocenters. The van der Waals surface area contributed by atoms with E-state index >= 15 is 0 Å². The third kappa shape index (κ3) is 2.85. The first-order valence-electron chi connectivity index (χ1n) is 9.45. The number of likely N-dealkylation sites (tertiary alicyclic amines) is 1. The van der Waals surface area contributed by atoms with Crippen molar-refractivity contribution < 1.29 is 9.90 Å². The minimum Gasteiger partial charge on any atom is -0.387 e. The Kier molecular flexibility index (Phi) is 4.84. The van der Waals surface area contributed by atoms with E-state index in [1.807, 2.05) is 95.9 Å². The summed E-state index contributed by atoms with van der Waals surface area (Å²) in [5.74, 6) is -0.100. The summed E-state index contributed by atoms with van der Waals surface area (Å²) in [7, 11) is 0. The second-order valence-electron chi connectivity index (χ2n) is 7.18. The monoisotopic (exact) mass is 369 g/mol. The molecule has 0 aromatic heterocycles. The maximum Gasteiger partial charge on any atom is 0.238 e. The van der Waals surface area contributed by atoms with Crippen LogP contribution in [0.15, 0.2) is 104 Å². The number of hydrogen-bond donors (Lipinski definition) is 1. The largest absolute Gasteiger partial charge is 0.387 e. The van der Waals surface area contributed by atoms with Gasteiger partial charge in [-0.1, -0.05) is 97.1 Å². The van der Waals surface area contributed by atoms with E-state index in [0.29, 0.717) is 6.54 Å². The first-order chi connectivity index (χ1) is 13.7. The lowest BCUT2D eigenvalue weighted by Gasteiger charge is -2.57. The van der Waals surface area contributed by atoms with E-state index in [9.17, 15) is 9.90 Å². The average molecular weight is 369 g/mol. The van der Waals surface area contributed by atoms with Crippen LogP contribution in [-0.2, 0) is 11.3 Å². The Morgan fingerprint density at radius 1 is 0.929 bits per heavy atom. The normalized spacial score (nSPS) is 22.4. The topological polar surface area (TPSA) is 40.5 Å². The smallest absolute Gasteiger partial charge is 0.238 e. The highest BCUT2D eigenvalue weighted by atomic mass is 16.3. The molecule has 3 aromatic carbocycles. The molecule has 4 rings (SSSR count). The molecule has 1 aliphatic heterocycles. The Labute approximate surface area is 165 Å². The summed E-state index contributed by atoms with van der Waals surface area (Å²) in [6, 6.07) is 28.9. The molecule has 1 N–H and O–H groups in total. The summed E-state index contributed by atoms with van der Waals surface area (Å²) in [5, 5.41) is 11.3. The van der Waals surface area contributed by atoms with Crippen LogP contribution in [0.5, 0.6) is 0 Å². The van der Waals surface area contributed by atoms with Crippen molar-refractivity contribution in [3.63, 3.8) is 0 Å². The minimum absolute atomic E-state index is 0.100. The van der Waals surface area contributed by atoms with Crippen molar-refractivity contribution in [2.24, 2.45) is 5.41 Å². The molecule has 0 spiro atoms. The average Bonchev–Trinajstić information content (AvgIpc) is 2.77. The van der Waals surface area contributed by atoms with E-state index in [0.717, 1.165) is 16.7 Å². The molecule has 3 heteroatoms. The fourth-order valence-corrected chi connectivity index (χ4v) is 4.20. The van der Waals surface area contributed by atoms with Gasteiger partial charge in [-0.3, -0.25) is 4.79 Å². The molecule has 1 amide bonds. The maximum absolute atomic E-state index is 13.4. The van der Waals surface area contributed by atoms with Crippen molar-refractivity contribution in [3.8, 4) is 0 Å². The number of aliphatic hydroxyl groups excluding tert-OH is 1. The van der Waals surface area contributed by atoms with Crippen molar-refractivity contribution in [3.05, 3.63) is 120 Å². The Morgan fingerprint density at radius 2 is 1.46 bits per heavy atom. The molecule has 3 nitrogen and oxygen atoms in total. The summed E-state index contributed by atoms with van der Waals surface area (Å²) in [6.07, 6.45) is 0.669. The lowest BCUT2D eigenvalue weighted by atomic mass is 9.62. The van der Waals surface area contributed by atoms with Gasteiger partial charge in [0.25, 0.3) is 0 Å². The van der Waals surface area contributed by atoms with E-state index in [1.165, 1.54) is 0 Å². The molecule has 3 aromatic rings. The zero-order valence-electron chi connectivity index (χ0n) is 15.6. The van der Waals surface area contributed by atoms with Gasteiger partial charge in [-0.05, 0) is 16.7 Å².